The Bertz CT molecular complexity index is 668. The van der Waals surface area contributed by atoms with Crippen molar-refractivity contribution >= 4 is 29.9 Å². The summed E-state index contributed by atoms with van der Waals surface area (Å²) in [4.78, 5) is 7.09. The normalized spacial score (nSPS) is 19.2. The zero-order valence-corrected chi connectivity index (χ0v) is 22.3. The first kappa shape index (κ1) is 28.1. The highest BCUT2D eigenvalue weighted by atomic mass is 127. The second-order valence-electron chi connectivity index (χ2n) is 8.14. The molecule has 0 saturated carbocycles. The predicted octanol–water partition coefficient (Wildman–Crippen LogP) is 2.66. The van der Waals surface area contributed by atoms with E-state index in [4.69, 9.17) is 23.9 Å². The Morgan fingerprint density at radius 1 is 1.18 bits per heavy atom. The van der Waals surface area contributed by atoms with Crippen molar-refractivity contribution in [3.63, 3.8) is 0 Å². The number of ether oxygens (including phenoxy) is 4. The summed E-state index contributed by atoms with van der Waals surface area (Å²) >= 11 is 0. The van der Waals surface area contributed by atoms with Crippen LogP contribution < -0.4 is 15.4 Å². The minimum Gasteiger partial charge on any atom is -0.492 e. The molecule has 1 atom stereocenters. The molecule has 1 aromatic carbocycles. The molecule has 2 saturated heterocycles. The molecule has 33 heavy (non-hydrogen) atoms. The lowest BCUT2D eigenvalue weighted by Gasteiger charge is -2.26. The van der Waals surface area contributed by atoms with Gasteiger partial charge in [-0.3, -0.25) is 4.90 Å². The molecular weight excluding hydrogens is 535 g/mol. The van der Waals surface area contributed by atoms with E-state index in [9.17, 15) is 0 Å². The summed E-state index contributed by atoms with van der Waals surface area (Å²) in [5.74, 6) is 1.72. The highest BCUT2D eigenvalue weighted by Crippen LogP contribution is 2.14. The number of aliphatic imine (C=N–C) groups is 1. The fraction of sp³-hybridized carbons (Fsp3) is 0.708. The van der Waals surface area contributed by atoms with Crippen LogP contribution in [0.4, 0.5) is 0 Å². The first-order valence-corrected chi connectivity index (χ1v) is 12.1. The van der Waals surface area contributed by atoms with Crippen molar-refractivity contribution in [2.75, 3.05) is 72.4 Å². The number of halogens is 1. The van der Waals surface area contributed by atoms with E-state index in [1.165, 1.54) is 0 Å². The van der Waals surface area contributed by atoms with E-state index in [0.717, 1.165) is 95.7 Å². The van der Waals surface area contributed by atoms with Crippen molar-refractivity contribution in [1.29, 1.82) is 0 Å². The maximum atomic E-state index is 5.96. The molecule has 2 fully saturated rings. The summed E-state index contributed by atoms with van der Waals surface area (Å²) in [6.45, 7) is 11.9. The largest absolute Gasteiger partial charge is 0.492 e. The smallest absolute Gasteiger partial charge is 0.191 e. The van der Waals surface area contributed by atoms with Gasteiger partial charge in [0, 0.05) is 45.9 Å². The van der Waals surface area contributed by atoms with Gasteiger partial charge in [-0.2, -0.15) is 0 Å². The van der Waals surface area contributed by atoms with Gasteiger partial charge in [-0.25, -0.2) is 4.99 Å². The third-order valence-corrected chi connectivity index (χ3v) is 5.53. The average Bonchev–Trinajstić information content (AvgIpc) is 3.34. The number of rotatable bonds is 13. The average molecular weight is 577 g/mol. The maximum Gasteiger partial charge on any atom is 0.191 e. The van der Waals surface area contributed by atoms with E-state index < -0.39 is 0 Å². The van der Waals surface area contributed by atoms with Crippen LogP contribution in [0.2, 0.25) is 0 Å². The van der Waals surface area contributed by atoms with Gasteiger partial charge in [-0.15, -0.1) is 24.0 Å². The molecule has 9 heteroatoms. The summed E-state index contributed by atoms with van der Waals surface area (Å²) < 4.78 is 22.6. The molecule has 8 nitrogen and oxygen atoms in total. The van der Waals surface area contributed by atoms with Gasteiger partial charge in [0.05, 0.1) is 32.5 Å². The number of benzene rings is 1. The van der Waals surface area contributed by atoms with Crippen LogP contribution >= 0.6 is 24.0 Å². The van der Waals surface area contributed by atoms with Gasteiger partial charge in [-0.1, -0.05) is 12.1 Å². The predicted molar refractivity (Wildman–Crippen MR) is 142 cm³/mol. The van der Waals surface area contributed by atoms with Crippen LogP contribution in [0.15, 0.2) is 29.3 Å². The second-order valence-corrected chi connectivity index (χ2v) is 8.14. The second kappa shape index (κ2) is 17.3. The molecule has 188 valence electrons. The van der Waals surface area contributed by atoms with Crippen LogP contribution in [0.3, 0.4) is 0 Å². The van der Waals surface area contributed by atoms with Gasteiger partial charge in [0.15, 0.2) is 5.96 Å². The number of nitrogens with zero attached hydrogens (tertiary/aromatic N) is 2. The SMILES string of the molecule is CCNC(=NCc1cccc(OCCN2CCOCC2)c1)NCCCOCC1CCCO1.I. The lowest BCUT2D eigenvalue weighted by Crippen LogP contribution is -2.38. The molecule has 0 bridgehead atoms. The molecule has 3 rings (SSSR count). The summed E-state index contributed by atoms with van der Waals surface area (Å²) in [6.07, 6.45) is 3.50. The van der Waals surface area contributed by atoms with E-state index >= 15 is 0 Å². The molecule has 1 aromatic rings. The molecule has 2 heterocycles. The van der Waals surface area contributed by atoms with Gasteiger partial charge in [-0.05, 0) is 43.9 Å². The fourth-order valence-corrected chi connectivity index (χ4v) is 3.73. The van der Waals surface area contributed by atoms with Gasteiger partial charge in [0.1, 0.15) is 12.4 Å². The number of morpholine rings is 1. The number of hydrogen-bond acceptors (Lipinski definition) is 6. The van der Waals surface area contributed by atoms with E-state index in [2.05, 4.69) is 34.6 Å². The third-order valence-electron chi connectivity index (χ3n) is 5.53. The monoisotopic (exact) mass is 576 g/mol. The zero-order valence-electron chi connectivity index (χ0n) is 19.9. The van der Waals surface area contributed by atoms with Crippen LogP contribution in [0.5, 0.6) is 5.75 Å². The highest BCUT2D eigenvalue weighted by Gasteiger charge is 2.15. The molecule has 0 spiro atoms. The van der Waals surface area contributed by atoms with E-state index in [1.54, 1.807) is 0 Å². The van der Waals surface area contributed by atoms with Crippen LogP contribution in [0.1, 0.15) is 31.7 Å². The Hall–Kier alpha value is -1.14. The number of nitrogens with one attached hydrogen (secondary N) is 2. The molecule has 0 radical (unpaired) electrons. The van der Waals surface area contributed by atoms with Crippen molar-refractivity contribution in [2.24, 2.45) is 4.99 Å². The van der Waals surface area contributed by atoms with E-state index in [1.807, 2.05) is 12.1 Å². The zero-order chi connectivity index (χ0) is 22.3. The third kappa shape index (κ3) is 11.7. The summed E-state index contributed by atoms with van der Waals surface area (Å²) in [7, 11) is 0. The van der Waals surface area contributed by atoms with Crippen LogP contribution in [-0.2, 0) is 20.8 Å². The molecule has 2 N–H and O–H groups in total. The molecular formula is C24H41IN4O4. The van der Waals surface area contributed by atoms with Crippen LogP contribution in [0.25, 0.3) is 0 Å². The quantitative estimate of drug-likeness (QED) is 0.162. The maximum absolute atomic E-state index is 5.96. The Labute approximate surface area is 215 Å². The lowest BCUT2D eigenvalue weighted by atomic mass is 10.2. The minimum atomic E-state index is 0. The van der Waals surface area contributed by atoms with Gasteiger partial charge in [0.25, 0.3) is 0 Å². The van der Waals surface area contributed by atoms with Gasteiger partial charge >= 0.3 is 0 Å². The Balaban J connectivity index is 0.00000385. The minimum absolute atomic E-state index is 0. The van der Waals surface area contributed by atoms with Gasteiger partial charge in [0.2, 0.25) is 0 Å². The van der Waals surface area contributed by atoms with Crippen molar-refractivity contribution < 1.29 is 18.9 Å². The van der Waals surface area contributed by atoms with Crippen molar-refractivity contribution in [3.05, 3.63) is 29.8 Å². The standard InChI is InChI=1S/C24H40N4O4.HI/c1-2-25-24(26-9-5-13-30-20-23-8-4-14-31-23)27-19-21-6-3-7-22(18-21)32-17-12-28-10-15-29-16-11-28;/h3,6-7,18,23H,2,4-5,8-17,19-20H2,1H3,(H2,25,26,27);1H. The molecule has 2 aliphatic heterocycles. The van der Waals surface area contributed by atoms with E-state index in [0.29, 0.717) is 25.9 Å². The molecule has 1 unspecified atom stereocenters. The van der Waals surface area contributed by atoms with E-state index in [-0.39, 0.29) is 24.0 Å². The Kier molecular flexibility index (Phi) is 14.7. The Morgan fingerprint density at radius 3 is 2.85 bits per heavy atom. The van der Waals surface area contributed by atoms with Crippen LogP contribution in [0, 0.1) is 0 Å². The summed E-state index contributed by atoms with van der Waals surface area (Å²) in [5, 5.41) is 6.69. The highest BCUT2D eigenvalue weighted by molar-refractivity contribution is 14.0. The molecule has 0 aromatic heterocycles. The summed E-state index contributed by atoms with van der Waals surface area (Å²) in [5.41, 5.74) is 1.13. The fourth-order valence-electron chi connectivity index (χ4n) is 3.73. The molecule has 2 aliphatic rings. The van der Waals surface area contributed by atoms with Crippen LogP contribution in [-0.4, -0.2) is 89.3 Å². The topological polar surface area (TPSA) is 76.6 Å². The van der Waals surface area contributed by atoms with Crippen molar-refractivity contribution in [3.8, 4) is 5.75 Å². The number of hydrogen-bond donors (Lipinski definition) is 2. The lowest BCUT2D eigenvalue weighted by molar-refractivity contribution is 0.0168. The first-order valence-electron chi connectivity index (χ1n) is 12.1. The van der Waals surface area contributed by atoms with Gasteiger partial charge < -0.3 is 29.6 Å². The summed E-state index contributed by atoms with van der Waals surface area (Å²) in [6, 6.07) is 8.19. The Morgan fingerprint density at radius 2 is 2.06 bits per heavy atom. The first-order chi connectivity index (χ1) is 15.8. The molecule has 0 aliphatic carbocycles. The van der Waals surface area contributed by atoms with Crippen molar-refractivity contribution in [2.45, 2.75) is 38.8 Å². The molecule has 0 amide bonds. The van der Waals surface area contributed by atoms with Crippen molar-refractivity contribution in [1.82, 2.24) is 15.5 Å². The number of guanidine groups is 1.